The molecule has 0 amide bonds. The summed E-state index contributed by atoms with van der Waals surface area (Å²) >= 11 is 1.23. The van der Waals surface area contributed by atoms with Gasteiger partial charge in [0.2, 0.25) is 0 Å². The summed E-state index contributed by atoms with van der Waals surface area (Å²) in [4.78, 5) is 2.12. The minimum absolute atomic E-state index is 0.889. The van der Waals surface area contributed by atoms with E-state index in [0.29, 0.717) is 0 Å². The molecule has 80 valence electrons. The number of hydrogen-bond donors (Lipinski definition) is 1. The van der Waals surface area contributed by atoms with Gasteiger partial charge in [0.1, 0.15) is 0 Å². The Kier molecular flexibility index (Phi) is 4.24. The number of likely N-dealkylation sites (N-methyl/N-ethyl adjacent to an activating group) is 1. The third kappa shape index (κ3) is 3.21. The molecule has 0 radical (unpaired) electrons. The minimum Gasteiger partial charge on any atom is -0.308 e. The van der Waals surface area contributed by atoms with Crippen molar-refractivity contribution in [3.8, 4) is 0 Å². The third-order valence-corrected chi connectivity index (χ3v) is 2.50. The zero-order chi connectivity index (χ0) is 10.6. The standard InChI is InChI=1S/C8H17N5S/c1-11(2)4-5-13(14-9)8-6-10-12(3)7-8/h6-7H,4-5,9H2,1-3H3. The van der Waals surface area contributed by atoms with Crippen molar-refractivity contribution in [2.24, 2.45) is 12.2 Å². The molecule has 0 unspecified atom stereocenters. The van der Waals surface area contributed by atoms with E-state index in [1.54, 1.807) is 4.68 Å². The van der Waals surface area contributed by atoms with Crippen LogP contribution in [0.25, 0.3) is 0 Å². The Morgan fingerprint density at radius 2 is 2.21 bits per heavy atom. The van der Waals surface area contributed by atoms with Gasteiger partial charge in [0, 0.05) is 38.5 Å². The van der Waals surface area contributed by atoms with E-state index < -0.39 is 0 Å². The van der Waals surface area contributed by atoms with E-state index in [4.69, 9.17) is 5.14 Å². The normalized spacial score (nSPS) is 10.9. The van der Waals surface area contributed by atoms with E-state index in [9.17, 15) is 0 Å². The Balaban J connectivity index is 2.54. The van der Waals surface area contributed by atoms with Gasteiger partial charge in [0.25, 0.3) is 0 Å². The molecule has 0 aliphatic carbocycles. The number of anilines is 1. The summed E-state index contributed by atoms with van der Waals surface area (Å²) in [5.74, 6) is 0. The second kappa shape index (κ2) is 5.23. The summed E-state index contributed by atoms with van der Waals surface area (Å²) in [6.07, 6.45) is 3.77. The van der Waals surface area contributed by atoms with E-state index in [2.05, 4.69) is 10.00 Å². The first-order chi connectivity index (χ1) is 6.63. The molecule has 14 heavy (non-hydrogen) atoms. The highest BCUT2D eigenvalue weighted by molar-refractivity contribution is 7.98. The Morgan fingerprint density at radius 1 is 1.50 bits per heavy atom. The second-order valence-electron chi connectivity index (χ2n) is 3.38. The lowest BCUT2D eigenvalue weighted by Crippen LogP contribution is -2.27. The molecule has 0 aromatic carbocycles. The lowest BCUT2D eigenvalue weighted by molar-refractivity contribution is 0.421. The summed E-state index contributed by atoms with van der Waals surface area (Å²) in [7, 11) is 5.99. The summed E-state index contributed by atoms with van der Waals surface area (Å²) in [5, 5.41) is 9.69. The first-order valence-electron chi connectivity index (χ1n) is 4.41. The first kappa shape index (κ1) is 11.4. The summed E-state index contributed by atoms with van der Waals surface area (Å²) < 4.78 is 3.79. The van der Waals surface area contributed by atoms with Crippen LogP contribution in [0.15, 0.2) is 12.4 Å². The molecule has 0 bridgehead atoms. The zero-order valence-corrected chi connectivity index (χ0v) is 9.66. The molecule has 1 heterocycles. The molecule has 0 saturated carbocycles. The number of aryl methyl sites for hydroxylation is 1. The van der Waals surface area contributed by atoms with E-state index in [1.807, 2.05) is 37.8 Å². The van der Waals surface area contributed by atoms with Gasteiger partial charge in [-0.1, -0.05) is 0 Å². The molecule has 1 aromatic heterocycles. The van der Waals surface area contributed by atoms with E-state index >= 15 is 0 Å². The molecular weight excluding hydrogens is 198 g/mol. The highest BCUT2D eigenvalue weighted by Gasteiger charge is 2.07. The van der Waals surface area contributed by atoms with Crippen molar-refractivity contribution >= 4 is 17.8 Å². The Morgan fingerprint density at radius 3 is 2.64 bits per heavy atom. The maximum atomic E-state index is 5.59. The smallest absolute Gasteiger partial charge is 0.0862 e. The van der Waals surface area contributed by atoms with Crippen LogP contribution in [0.4, 0.5) is 5.69 Å². The van der Waals surface area contributed by atoms with Gasteiger partial charge in [-0.3, -0.25) is 14.1 Å². The highest BCUT2D eigenvalue weighted by Crippen LogP contribution is 2.16. The van der Waals surface area contributed by atoms with Gasteiger partial charge in [-0.15, -0.1) is 0 Å². The maximum Gasteiger partial charge on any atom is 0.0862 e. The lowest BCUT2D eigenvalue weighted by atomic mass is 10.5. The Bertz CT molecular complexity index is 272. The van der Waals surface area contributed by atoms with Crippen molar-refractivity contribution in [3.63, 3.8) is 0 Å². The summed E-state index contributed by atoms with van der Waals surface area (Å²) in [5.41, 5.74) is 1.04. The van der Waals surface area contributed by atoms with Crippen LogP contribution in [0.1, 0.15) is 0 Å². The molecule has 0 aliphatic rings. The molecule has 0 atom stereocenters. The molecule has 0 saturated heterocycles. The van der Waals surface area contributed by atoms with Crippen molar-refractivity contribution in [1.29, 1.82) is 0 Å². The monoisotopic (exact) mass is 215 g/mol. The maximum absolute atomic E-state index is 5.59. The van der Waals surface area contributed by atoms with Crippen LogP contribution in [-0.4, -0.2) is 41.9 Å². The van der Waals surface area contributed by atoms with Crippen molar-refractivity contribution < 1.29 is 0 Å². The second-order valence-corrected chi connectivity index (χ2v) is 4.03. The molecule has 1 rings (SSSR count). The SMILES string of the molecule is CN(C)CCN(SN)c1cnn(C)c1. The minimum atomic E-state index is 0.889. The first-order valence-corrected chi connectivity index (χ1v) is 5.25. The van der Waals surface area contributed by atoms with Gasteiger partial charge in [-0.2, -0.15) is 5.10 Å². The van der Waals surface area contributed by atoms with Crippen LogP contribution >= 0.6 is 12.1 Å². The highest BCUT2D eigenvalue weighted by atomic mass is 32.2. The van der Waals surface area contributed by atoms with Crippen molar-refractivity contribution in [2.75, 3.05) is 31.5 Å². The fraction of sp³-hybridized carbons (Fsp3) is 0.625. The van der Waals surface area contributed by atoms with E-state index in [1.165, 1.54) is 12.1 Å². The largest absolute Gasteiger partial charge is 0.308 e. The zero-order valence-electron chi connectivity index (χ0n) is 8.84. The fourth-order valence-corrected chi connectivity index (χ4v) is 1.47. The van der Waals surface area contributed by atoms with Gasteiger partial charge in [-0.25, -0.2) is 0 Å². The molecule has 0 fully saturated rings. The van der Waals surface area contributed by atoms with Crippen LogP contribution in [0, 0.1) is 0 Å². The number of nitrogens with zero attached hydrogens (tertiary/aromatic N) is 4. The van der Waals surface area contributed by atoms with Crippen molar-refractivity contribution in [1.82, 2.24) is 14.7 Å². The van der Waals surface area contributed by atoms with E-state index in [0.717, 1.165) is 18.8 Å². The average Bonchev–Trinajstić information content (AvgIpc) is 2.53. The molecule has 6 heteroatoms. The lowest BCUT2D eigenvalue weighted by Gasteiger charge is -2.20. The number of aromatic nitrogens is 2. The Labute approximate surface area is 89.1 Å². The van der Waals surface area contributed by atoms with Crippen LogP contribution in [0.2, 0.25) is 0 Å². The molecular formula is C8H17N5S. The average molecular weight is 215 g/mol. The van der Waals surface area contributed by atoms with E-state index in [-0.39, 0.29) is 0 Å². The third-order valence-electron chi connectivity index (χ3n) is 1.86. The summed E-state index contributed by atoms with van der Waals surface area (Å²) in [6.45, 7) is 1.86. The topological polar surface area (TPSA) is 50.3 Å². The predicted octanol–water partition coefficient (Wildman–Crippen LogP) is 0.310. The van der Waals surface area contributed by atoms with Crippen LogP contribution in [-0.2, 0) is 7.05 Å². The molecule has 0 aliphatic heterocycles. The van der Waals surface area contributed by atoms with Crippen LogP contribution < -0.4 is 9.44 Å². The fourth-order valence-electron chi connectivity index (χ4n) is 1.07. The van der Waals surface area contributed by atoms with Crippen LogP contribution in [0.3, 0.4) is 0 Å². The number of rotatable bonds is 5. The molecule has 2 N–H and O–H groups in total. The molecule has 5 nitrogen and oxygen atoms in total. The van der Waals surface area contributed by atoms with Gasteiger partial charge in [0.05, 0.1) is 11.9 Å². The number of hydrogen-bond acceptors (Lipinski definition) is 5. The summed E-state index contributed by atoms with van der Waals surface area (Å²) in [6, 6.07) is 0. The Hall–Kier alpha value is -0.720. The van der Waals surface area contributed by atoms with Gasteiger partial charge in [-0.05, 0) is 14.1 Å². The van der Waals surface area contributed by atoms with Crippen molar-refractivity contribution in [2.45, 2.75) is 0 Å². The molecule has 0 spiro atoms. The van der Waals surface area contributed by atoms with Gasteiger partial charge < -0.3 is 4.90 Å². The quantitative estimate of drug-likeness (QED) is 0.716. The predicted molar refractivity (Wildman–Crippen MR) is 60.9 cm³/mol. The van der Waals surface area contributed by atoms with Crippen molar-refractivity contribution in [3.05, 3.63) is 12.4 Å². The van der Waals surface area contributed by atoms with Gasteiger partial charge >= 0.3 is 0 Å². The van der Waals surface area contributed by atoms with Gasteiger partial charge in [0.15, 0.2) is 0 Å². The number of nitrogens with two attached hydrogens (primary N) is 1. The molecule has 1 aromatic rings. The van der Waals surface area contributed by atoms with Crippen LogP contribution in [0.5, 0.6) is 0 Å².